The van der Waals surface area contributed by atoms with Crippen LogP contribution in [0.1, 0.15) is 265 Å². The quantitative estimate of drug-likeness (QED) is 0.0261. The Kier molecular flexibility index (Phi) is 61.4. The molecule has 6 nitrogen and oxygen atoms in total. The smallest absolute Gasteiger partial charge is 0.306 e. The van der Waals surface area contributed by atoms with Crippen molar-refractivity contribution in [1.29, 1.82) is 0 Å². The van der Waals surface area contributed by atoms with Crippen LogP contribution in [0.2, 0.25) is 0 Å². The Balaban J connectivity index is 4.15. The summed E-state index contributed by atoms with van der Waals surface area (Å²) in [7, 11) is 0. The van der Waals surface area contributed by atoms with Gasteiger partial charge in [0, 0.05) is 19.3 Å². The average molecular weight is 1090 g/mol. The molecule has 444 valence electrons. The zero-order valence-corrected chi connectivity index (χ0v) is 50.8. The van der Waals surface area contributed by atoms with Gasteiger partial charge in [0.25, 0.3) is 0 Å². The third kappa shape index (κ3) is 63.7. The van der Waals surface area contributed by atoms with Crippen LogP contribution in [-0.4, -0.2) is 37.2 Å². The van der Waals surface area contributed by atoms with E-state index in [-0.39, 0.29) is 31.1 Å². The van der Waals surface area contributed by atoms with Crippen LogP contribution in [0.3, 0.4) is 0 Å². The van der Waals surface area contributed by atoms with Gasteiger partial charge in [0.1, 0.15) is 13.2 Å². The molecule has 79 heavy (non-hydrogen) atoms. The van der Waals surface area contributed by atoms with E-state index in [0.717, 1.165) is 173 Å². The summed E-state index contributed by atoms with van der Waals surface area (Å²) in [6.07, 6.45) is 95.8. The fraction of sp³-hybridized carbons (Fsp3) is 0.603. The molecule has 0 aliphatic carbocycles. The highest BCUT2D eigenvalue weighted by molar-refractivity contribution is 5.71. The van der Waals surface area contributed by atoms with Gasteiger partial charge in [0.05, 0.1) is 0 Å². The number of carbonyl (C=O) groups excluding carboxylic acids is 3. The van der Waals surface area contributed by atoms with Crippen molar-refractivity contribution in [2.45, 2.75) is 271 Å². The van der Waals surface area contributed by atoms with Crippen LogP contribution >= 0.6 is 0 Å². The molecular formula is C73H116O6. The van der Waals surface area contributed by atoms with Crippen molar-refractivity contribution in [2.75, 3.05) is 13.2 Å². The predicted octanol–water partition coefficient (Wildman–Crippen LogP) is 22.1. The second-order valence-electron chi connectivity index (χ2n) is 20.6. The lowest BCUT2D eigenvalue weighted by molar-refractivity contribution is -0.167. The Hall–Kier alpha value is -4.97. The second-order valence-corrected chi connectivity index (χ2v) is 20.6. The maximum atomic E-state index is 12.8. The molecular weight excluding hydrogens is 973 g/mol. The molecule has 0 aliphatic heterocycles. The number of allylic oxidation sites excluding steroid dienone is 26. The van der Waals surface area contributed by atoms with E-state index in [4.69, 9.17) is 14.2 Å². The van der Waals surface area contributed by atoms with E-state index < -0.39 is 6.10 Å². The first-order valence-corrected chi connectivity index (χ1v) is 32.0. The zero-order chi connectivity index (χ0) is 57.1. The lowest BCUT2D eigenvalue weighted by Crippen LogP contribution is -2.30. The van der Waals surface area contributed by atoms with E-state index in [2.05, 4.69) is 179 Å². The summed E-state index contributed by atoms with van der Waals surface area (Å²) < 4.78 is 16.7. The van der Waals surface area contributed by atoms with Crippen LogP contribution in [-0.2, 0) is 28.6 Å². The summed E-state index contributed by atoms with van der Waals surface area (Å²) in [4.78, 5) is 37.9. The minimum Gasteiger partial charge on any atom is -0.462 e. The highest BCUT2D eigenvalue weighted by Gasteiger charge is 2.19. The molecule has 0 radical (unpaired) electrons. The minimum atomic E-state index is -0.795. The Labute approximate surface area is 486 Å². The summed E-state index contributed by atoms with van der Waals surface area (Å²) in [5.41, 5.74) is 0. The van der Waals surface area contributed by atoms with E-state index >= 15 is 0 Å². The van der Waals surface area contributed by atoms with E-state index in [9.17, 15) is 14.4 Å². The molecule has 0 aromatic rings. The molecule has 1 atom stereocenters. The highest BCUT2D eigenvalue weighted by Crippen LogP contribution is 2.15. The monoisotopic (exact) mass is 1090 g/mol. The third-order valence-electron chi connectivity index (χ3n) is 13.0. The summed E-state index contributed by atoms with van der Waals surface area (Å²) >= 11 is 0. The molecule has 0 saturated heterocycles. The van der Waals surface area contributed by atoms with E-state index in [0.29, 0.717) is 19.3 Å². The largest absolute Gasteiger partial charge is 0.462 e. The number of ether oxygens (including phenoxy) is 3. The zero-order valence-electron chi connectivity index (χ0n) is 50.8. The average Bonchev–Trinajstić information content (AvgIpc) is 3.45. The van der Waals surface area contributed by atoms with Crippen LogP contribution in [0.4, 0.5) is 0 Å². The molecule has 0 saturated carbocycles. The van der Waals surface area contributed by atoms with Gasteiger partial charge in [-0.3, -0.25) is 14.4 Å². The minimum absolute atomic E-state index is 0.0934. The molecule has 0 fully saturated rings. The standard InChI is InChI=1S/C73H116O6/c1-4-7-10-13-15-17-19-21-23-25-27-29-31-33-35-36-38-39-41-43-45-47-49-51-53-55-57-60-63-66-72(75)78-69-70(68-77-71(74)65-62-59-12-9-6-3)79-73(76)67-64-61-58-56-54-52-50-48-46-44-42-40-37-34-32-30-28-26-24-22-20-18-16-14-11-8-5-2/h7-8,10-11,15-18,21-24,27-30,33-35,37-39,42,44,48,50,70H,4-6,9,12-14,19-20,25-26,31-32,36,40-41,43,45-47,49,51-69H2,1-3H3/b10-7-,11-8-,17-15-,18-16-,23-21-,24-22-,29-27-,30-28-,35-33-,37-34-,39-38-,44-42-,50-48-. The number of carbonyl (C=O) groups is 3. The predicted molar refractivity (Wildman–Crippen MR) is 343 cm³/mol. The second kappa shape index (κ2) is 65.5. The Bertz CT molecular complexity index is 1780. The fourth-order valence-corrected chi connectivity index (χ4v) is 8.31. The van der Waals surface area contributed by atoms with Crippen molar-refractivity contribution >= 4 is 17.9 Å². The Morgan fingerprint density at radius 1 is 0.266 bits per heavy atom. The van der Waals surface area contributed by atoms with Gasteiger partial charge in [-0.25, -0.2) is 0 Å². The van der Waals surface area contributed by atoms with Crippen molar-refractivity contribution in [3.05, 3.63) is 158 Å². The summed E-state index contributed by atoms with van der Waals surface area (Å²) in [5, 5.41) is 0. The highest BCUT2D eigenvalue weighted by atomic mass is 16.6. The lowest BCUT2D eigenvalue weighted by Gasteiger charge is -2.18. The summed E-state index contributed by atoms with van der Waals surface area (Å²) in [6.45, 7) is 6.30. The number of hydrogen-bond donors (Lipinski definition) is 0. The summed E-state index contributed by atoms with van der Waals surface area (Å²) in [6, 6.07) is 0. The first-order chi connectivity index (χ1) is 39.0. The Morgan fingerprint density at radius 3 is 0.772 bits per heavy atom. The third-order valence-corrected chi connectivity index (χ3v) is 13.0. The lowest BCUT2D eigenvalue weighted by atomic mass is 10.1. The van der Waals surface area contributed by atoms with Gasteiger partial charge >= 0.3 is 17.9 Å². The van der Waals surface area contributed by atoms with Crippen LogP contribution in [0.25, 0.3) is 0 Å². The van der Waals surface area contributed by atoms with Gasteiger partial charge in [-0.2, -0.15) is 0 Å². The van der Waals surface area contributed by atoms with Crippen LogP contribution in [0.15, 0.2) is 158 Å². The Morgan fingerprint density at radius 2 is 0.494 bits per heavy atom. The van der Waals surface area contributed by atoms with Crippen LogP contribution in [0.5, 0.6) is 0 Å². The SMILES string of the molecule is CC/C=C\C/C=C\C/C=C\C/C=C\C/C=C\C/C=C\C/C=C\CCCCCCCC(=O)OC(COC(=O)CCCCCCC)COC(=O)CCCCCCCCCCCC/C=C\C/C=C\C/C=C\C/C=C\C/C=C\C/C=C\CC. The molecule has 0 heterocycles. The van der Waals surface area contributed by atoms with E-state index in [1.54, 1.807) is 0 Å². The molecule has 0 amide bonds. The van der Waals surface area contributed by atoms with Crippen molar-refractivity contribution in [3.8, 4) is 0 Å². The van der Waals surface area contributed by atoms with Gasteiger partial charge in [0.2, 0.25) is 0 Å². The number of esters is 3. The van der Waals surface area contributed by atoms with Crippen molar-refractivity contribution in [1.82, 2.24) is 0 Å². The topological polar surface area (TPSA) is 78.9 Å². The first kappa shape index (κ1) is 74.0. The molecule has 0 bridgehead atoms. The fourth-order valence-electron chi connectivity index (χ4n) is 8.31. The molecule has 1 unspecified atom stereocenters. The number of hydrogen-bond acceptors (Lipinski definition) is 6. The van der Waals surface area contributed by atoms with Crippen LogP contribution in [0, 0.1) is 0 Å². The van der Waals surface area contributed by atoms with E-state index in [1.807, 2.05) is 0 Å². The van der Waals surface area contributed by atoms with Crippen molar-refractivity contribution in [3.63, 3.8) is 0 Å². The maximum Gasteiger partial charge on any atom is 0.306 e. The molecule has 6 heteroatoms. The van der Waals surface area contributed by atoms with E-state index in [1.165, 1.54) is 51.4 Å². The van der Waals surface area contributed by atoms with Gasteiger partial charge in [0.15, 0.2) is 6.10 Å². The number of rotatable bonds is 56. The van der Waals surface area contributed by atoms with Crippen molar-refractivity contribution in [2.24, 2.45) is 0 Å². The number of unbranched alkanes of at least 4 members (excludes halogenated alkanes) is 19. The molecule has 0 aliphatic rings. The van der Waals surface area contributed by atoms with Crippen LogP contribution < -0.4 is 0 Å². The van der Waals surface area contributed by atoms with Gasteiger partial charge < -0.3 is 14.2 Å². The van der Waals surface area contributed by atoms with Gasteiger partial charge in [-0.1, -0.05) is 275 Å². The maximum absolute atomic E-state index is 12.8. The first-order valence-electron chi connectivity index (χ1n) is 32.0. The molecule has 0 aromatic heterocycles. The van der Waals surface area contributed by atoms with Crippen molar-refractivity contribution < 1.29 is 28.6 Å². The molecule has 0 aromatic carbocycles. The molecule has 0 rings (SSSR count). The molecule has 0 spiro atoms. The van der Waals surface area contributed by atoms with Gasteiger partial charge in [-0.05, 0) is 128 Å². The normalized spacial score (nSPS) is 13.2. The molecule has 0 N–H and O–H groups in total. The van der Waals surface area contributed by atoms with Gasteiger partial charge in [-0.15, -0.1) is 0 Å². The summed E-state index contributed by atoms with van der Waals surface area (Å²) in [5.74, 6) is -0.935.